The number of carbonyl (C=O) groups is 4. The number of ether oxygens (including phenoxy) is 2. The number of alkyl carbamates (subject to hydrolysis) is 1. The Balaban J connectivity index is 1.04. The minimum atomic E-state index is -0.812. The zero-order chi connectivity index (χ0) is 44.5. The number of nitrogens with one attached hydrogen (secondary N) is 4. The first-order valence-electron chi connectivity index (χ1n) is 21.7. The second kappa shape index (κ2) is 17.8. The van der Waals surface area contributed by atoms with Gasteiger partial charge in [0, 0.05) is 30.5 Å². The highest BCUT2D eigenvalue weighted by atomic mass is 16.5. The Morgan fingerprint density at radius 1 is 0.984 bits per heavy atom. The van der Waals surface area contributed by atoms with Gasteiger partial charge in [0.25, 0.3) is 0 Å². The molecule has 14 nitrogen and oxygen atoms in total. The topological polar surface area (TPSA) is 175 Å². The van der Waals surface area contributed by atoms with E-state index in [-0.39, 0.29) is 36.1 Å². The second-order valence-corrected chi connectivity index (χ2v) is 16.7. The number of amides is 4. The molecule has 4 atom stereocenters. The Bertz CT molecular complexity index is 2720. The van der Waals surface area contributed by atoms with Gasteiger partial charge in [-0.3, -0.25) is 14.4 Å². The summed E-state index contributed by atoms with van der Waals surface area (Å²) in [7, 11) is 1.28. The maximum absolute atomic E-state index is 14.2. The number of nitrogens with zero attached hydrogens (tertiary/aromatic N) is 4. The van der Waals surface area contributed by atoms with Crippen LogP contribution >= 0.6 is 0 Å². The Morgan fingerprint density at radius 2 is 1.78 bits per heavy atom. The van der Waals surface area contributed by atoms with Crippen LogP contribution in [0.2, 0.25) is 0 Å². The molecule has 0 spiro atoms. The summed E-state index contributed by atoms with van der Waals surface area (Å²) >= 11 is 0. The first-order chi connectivity index (χ1) is 30.4. The minimum Gasteiger partial charge on any atom is -0.488 e. The van der Waals surface area contributed by atoms with Crippen LogP contribution in [-0.4, -0.2) is 79.8 Å². The van der Waals surface area contributed by atoms with E-state index < -0.39 is 24.2 Å². The summed E-state index contributed by atoms with van der Waals surface area (Å²) in [5.41, 5.74) is 8.00. The van der Waals surface area contributed by atoms with Gasteiger partial charge in [0.15, 0.2) is 0 Å². The third-order valence-corrected chi connectivity index (χ3v) is 12.2. The number of H-pyrrole nitrogens is 2. The van der Waals surface area contributed by atoms with Gasteiger partial charge in [-0.2, -0.15) is 0 Å². The van der Waals surface area contributed by atoms with Crippen molar-refractivity contribution in [2.24, 2.45) is 5.92 Å². The molecular formula is C49H54N8O6. The summed E-state index contributed by atoms with van der Waals surface area (Å²) in [6, 6.07) is 21.4. The van der Waals surface area contributed by atoms with Crippen molar-refractivity contribution in [3.8, 4) is 28.1 Å². The number of aromatic amines is 2. The molecule has 6 aromatic rings. The van der Waals surface area contributed by atoms with Crippen molar-refractivity contribution >= 4 is 45.6 Å². The fraction of sp³-hybridized carbons (Fsp3) is 0.347. The Hall–Kier alpha value is -6.96. The molecule has 8 rings (SSSR count). The van der Waals surface area contributed by atoms with E-state index in [2.05, 4.69) is 57.5 Å². The van der Waals surface area contributed by atoms with Crippen molar-refractivity contribution < 1.29 is 28.7 Å². The normalized spacial score (nSPS) is 16.0. The number of hydrogen-bond acceptors (Lipinski definition) is 8. The number of rotatable bonds is 13. The molecule has 0 unspecified atom stereocenters. The van der Waals surface area contributed by atoms with Gasteiger partial charge in [0.2, 0.25) is 17.7 Å². The molecule has 0 bridgehead atoms. The van der Waals surface area contributed by atoms with Gasteiger partial charge < -0.3 is 39.9 Å². The zero-order valence-electron chi connectivity index (χ0n) is 36.6. The Labute approximate surface area is 366 Å². The lowest BCUT2D eigenvalue weighted by atomic mass is 9.92. The van der Waals surface area contributed by atoms with Gasteiger partial charge in [0.1, 0.15) is 42.1 Å². The van der Waals surface area contributed by atoms with Gasteiger partial charge >= 0.3 is 6.09 Å². The zero-order valence-corrected chi connectivity index (χ0v) is 36.6. The summed E-state index contributed by atoms with van der Waals surface area (Å²) in [5, 5.41) is 7.55. The van der Waals surface area contributed by atoms with E-state index in [0.29, 0.717) is 37.8 Å². The lowest BCUT2D eigenvalue weighted by Gasteiger charge is -2.32. The van der Waals surface area contributed by atoms with E-state index in [0.717, 1.165) is 73.1 Å². The van der Waals surface area contributed by atoms with Crippen LogP contribution in [-0.2, 0) is 25.7 Å². The number of carbonyl (C=O) groups excluding carboxylic acids is 4. The highest BCUT2D eigenvalue weighted by Crippen LogP contribution is 2.43. The van der Waals surface area contributed by atoms with E-state index in [9.17, 15) is 19.2 Å². The van der Waals surface area contributed by atoms with Gasteiger partial charge in [-0.15, -0.1) is 0 Å². The van der Waals surface area contributed by atoms with Crippen LogP contribution in [0.3, 0.4) is 0 Å². The SMILES string of the molecule is C=C1CCN(C(=O)[C@@H](NC(=O)OC)C(C)C)[C@@H]1c1nc2c(ccc3cc4c(cc32)OCc2cc(-c3cnc([C@H](C)N(CCC)C(=O)[C@H](NC(=O)CC)c5ccccc5)[nH]3)ccc2-4)[nH]1. The van der Waals surface area contributed by atoms with Crippen molar-refractivity contribution in [1.82, 2.24) is 40.4 Å². The van der Waals surface area contributed by atoms with Crippen LogP contribution in [0.4, 0.5) is 4.79 Å². The molecule has 4 N–H and O–H groups in total. The van der Waals surface area contributed by atoms with Crippen molar-refractivity contribution in [3.63, 3.8) is 0 Å². The van der Waals surface area contributed by atoms with Crippen molar-refractivity contribution in [1.29, 1.82) is 0 Å². The molecule has 1 saturated heterocycles. The average molecular weight is 851 g/mol. The maximum atomic E-state index is 14.2. The summed E-state index contributed by atoms with van der Waals surface area (Å²) in [4.78, 5) is 73.0. The van der Waals surface area contributed by atoms with Crippen LogP contribution < -0.4 is 15.4 Å². The van der Waals surface area contributed by atoms with Crippen LogP contribution in [0.25, 0.3) is 44.2 Å². The smallest absolute Gasteiger partial charge is 0.407 e. The van der Waals surface area contributed by atoms with E-state index >= 15 is 0 Å². The Kier molecular flexibility index (Phi) is 12.1. The molecule has 2 aliphatic rings. The Morgan fingerprint density at radius 3 is 2.51 bits per heavy atom. The molecule has 0 saturated carbocycles. The lowest BCUT2D eigenvalue weighted by molar-refractivity contribution is -0.138. The molecule has 2 aromatic heterocycles. The van der Waals surface area contributed by atoms with Crippen molar-refractivity contribution in [3.05, 3.63) is 114 Å². The van der Waals surface area contributed by atoms with Crippen LogP contribution in [0, 0.1) is 5.92 Å². The number of aromatic nitrogens is 4. The molecule has 1 fully saturated rings. The highest BCUT2D eigenvalue weighted by Gasteiger charge is 2.40. The summed E-state index contributed by atoms with van der Waals surface area (Å²) in [6.45, 7) is 15.1. The van der Waals surface area contributed by atoms with E-state index in [4.69, 9.17) is 19.4 Å². The van der Waals surface area contributed by atoms with Crippen molar-refractivity contribution in [2.45, 2.75) is 84.7 Å². The monoisotopic (exact) mass is 850 g/mol. The summed E-state index contributed by atoms with van der Waals surface area (Å²) in [6.07, 6.45) is 2.76. The predicted octanol–water partition coefficient (Wildman–Crippen LogP) is 8.44. The average Bonchev–Trinajstić information content (AvgIpc) is 4.06. The minimum absolute atomic E-state index is 0.163. The summed E-state index contributed by atoms with van der Waals surface area (Å²) < 4.78 is 11.2. The van der Waals surface area contributed by atoms with Gasteiger partial charge in [-0.05, 0) is 83.2 Å². The number of imidazole rings is 2. The van der Waals surface area contributed by atoms with Gasteiger partial charge in [0.05, 0.1) is 36.1 Å². The third-order valence-electron chi connectivity index (χ3n) is 12.2. The molecule has 63 heavy (non-hydrogen) atoms. The van der Waals surface area contributed by atoms with Crippen LogP contribution in [0.15, 0.2) is 91.1 Å². The molecule has 0 radical (unpaired) electrons. The molecule has 4 heterocycles. The quantitative estimate of drug-likeness (QED) is 0.0838. The molecule has 2 aliphatic heterocycles. The first kappa shape index (κ1) is 42.7. The lowest BCUT2D eigenvalue weighted by Crippen LogP contribution is -2.51. The van der Waals surface area contributed by atoms with Gasteiger partial charge in [-0.1, -0.05) is 82.8 Å². The molecular weight excluding hydrogens is 797 g/mol. The predicted molar refractivity (Wildman–Crippen MR) is 241 cm³/mol. The highest BCUT2D eigenvalue weighted by molar-refractivity contribution is 6.07. The maximum Gasteiger partial charge on any atom is 0.407 e. The third kappa shape index (κ3) is 8.25. The van der Waals surface area contributed by atoms with Crippen LogP contribution in [0.1, 0.15) is 94.8 Å². The molecule has 4 amide bonds. The van der Waals surface area contributed by atoms with Crippen LogP contribution in [0.5, 0.6) is 5.75 Å². The second-order valence-electron chi connectivity index (χ2n) is 16.7. The fourth-order valence-electron chi connectivity index (χ4n) is 8.75. The van der Waals surface area contributed by atoms with E-state index in [1.807, 2.05) is 70.2 Å². The fourth-order valence-corrected chi connectivity index (χ4v) is 8.75. The first-order valence-corrected chi connectivity index (χ1v) is 21.7. The standard InChI is InChI=1S/C49H54N8O6/c1-8-20-56(48(60)42(53-40(58)9-2)30-13-11-10-12-14-30)29(6)45-50-25-38(52-45)32-15-17-34-33(22-32)26-63-39-24-35-31(23-36(34)39)16-18-37-43(35)54-46(51-37)44-28(5)19-21-57(44)47(59)41(27(3)4)55-49(61)62-7/h10-18,22-25,27,29,41-42,44H,5,8-9,19-21,26H2,1-4,6-7H3,(H,50,52)(H,51,54)(H,53,58)(H,55,61)/t29-,41-,42+,44-/m0/s1. The largest absolute Gasteiger partial charge is 0.488 e. The number of likely N-dealkylation sites (tertiary alicyclic amines) is 1. The number of hydrogen-bond donors (Lipinski definition) is 4. The number of fused-ring (bicyclic) bond motifs is 6. The summed E-state index contributed by atoms with van der Waals surface area (Å²) in [5.74, 6) is 1.25. The number of methoxy groups -OCH3 is 1. The molecule has 4 aromatic carbocycles. The number of benzene rings is 4. The molecule has 326 valence electrons. The molecule has 14 heteroatoms. The van der Waals surface area contributed by atoms with E-state index in [1.54, 1.807) is 22.9 Å². The molecule has 0 aliphatic carbocycles. The van der Waals surface area contributed by atoms with E-state index in [1.165, 1.54) is 7.11 Å². The van der Waals surface area contributed by atoms with Crippen molar-refractivity contribution in [2.75, 3.05) is 20.2 Å². The van der Waals surface area contributed by atoms with Gasteiger partial charge in [-0.25, -0.2) is 14.8 Å².